The number of aryl methyl sites for hydroxylation is 1. The summed E-state index contributed by atoms with van der Waals surface area (Å²) in [4.78, 5) is 14.1. The monoisotopic (exact) mass is 508 g/mol. The SMILES string of the molecule is Cc1ccc(S(=O)(=O)n2cc(C=O)c3cc(N4CCC(O)(c5ccc(Cl)cc5)CC4)ccc32)cc1. The number of hydrogen-bond donors (Lipinski definition) is 1. The van der Waals surface area contributed by atoms with Gasteiger partial charge in [-0.1, -0.05) is 41.4 Å². The van der Waals surface area contributed by atoms with Gasteiger partial charge in [0.2, 0.25) is 0 Å². The molecule has 5 rings (SSSR count). The number of fused-ring (bicyclic) bond motifs is 1. The second-order valence-electron chi connectivity index (χ2n) is 9.04. The van der Waals surface area contributed by atoms with Gasteiger partial charge in [0.15, 0.2) is 6.29 Å². The zero-order chi connectivity index (χ0) is 24.8. The van der Waals surface area contributed by atoms with E-state index >= 15 is 0 Å². The Kier molecular flexibility index (Phi) is 5.95. The van der Waals surface area contributed by atoms with Crippen LogP contribution < -0.4 is 4.90 Å². The minimum Gasteiger partial charge on any atom is -0.385 e. The van der Waals surface area contributed by atoms with Gasteiger partial charge in [0.25, 0.3) is 10.0 Å². The van der Waals surface area contributed by atoms with E-state index in [-0.39, 0.29) is 4.90 Å². The van der Waals surface area contributed by atoms with Crippen molar-refractivity contribution in [1.29, 1.82) is 0 Å². The summed E-state index contributed by atoms with van der Waals surface area (Å²) in [6.07, 6.45) is 3.14. The fraction of sp³-hybridized carbons (Fsp3) is 0.222. The van der Waals surface area contributed by atoms with Gasteiger partial charge in [-0.3, -0.25) is 4.79 Å². The zero-order valence-electron chi connectivity index (χ0n) is 19.2. The summed E-state index contributed by atoms with van der Waals surface area (Å²) in [5.74, 6) is 0. The molecule has 0 bridgehead atoms. The Morgan fingerprint density at radius 3 is 2.26 bits per heavy atom. The van der Waals surface area contributed by atoms with Gasteiger partial charge in [0.1, 0.15) is 0 Å². The number of aromatic nitrogens is 1. The third kappa shape index (κ3) is 4.24. The standard InChI is InChI=1S/C27H25ClN2O4S/c1-19-2-9-24(10-3-19)35(33,34)30-17-20(18-31)25-16-23(8-11-26(25)30)29-14-12-27(32,13-15-29)21-4-6-22(28)7-5-21/h2-11,16-18,32H,12-15H2,1H3. The van der Waals surface area contributed by atoms with Gasteiger partial charge in [0, 0.05) is 40.9 Å². The van der Waals surface area contributed by atoms with Crippen molar-refractivity contribution in [2.75, 3.05) is 18.0 Å². The number of aldehydes is 1. The second kappa shape index (κ2) is 8.82. The normalized spacial score (nSPS) is 15.9. The second-order valence-corrected chi connectivity index (χ2v) is 11.3. The molecule has 0 atom stereocenters. The van der Waals surface area contributed by atoms with Crippen LogP contribution in [0.4, 0.5) is 5.69 Å². The van der Waals surface area contributed by atoms with Gasteiger partial charge in [-0.15, -0.1) is 0 Å². The molecule has 180 valence electrons. The zero-order valence-corrected chi connectivity index (χ0v) is 20.8. The Hall–Kier alpha value is -3.13. The van der Waals surface area contributed by atoms with Crippen LogP contribution in [0.15, 0.2) is 77.8 Å². The molecule has 1 aliphatic rings. The first-order chi connectivity index (χ1) is 16.7. The van der Waals surface area contributed by atoms with Crippen LogP contribution in [0, 0.1) is 6.92 Å². The van der Waals surface area contributed by atoms with E-state index in [1.165, 1.54) is 10.2 Å². The van der Waals surface area contributed by atoms with Crippen LogP contribution in [0.3, 0.4) is 0 Å². The summed E-state index contributed by atoms with van der Waals surface area (Å²) in [6, 6.07) is 19.4. The summed E-state index contributed by atoms with van der Waals surface area (Å²) in [6.45, 7) is 3.12. The summed E-state index contributed by atoms with van der Waals surface area (Å²) < 4.78 is 27.8. The maximum Gasteiger partial charge on any atom is 0.268 e. The molecule has 8 heteroatoms. The summed E-state index contributed by atoms with van der Waals surface area (Å²) in [7, 11) is -3.86. The predicted molar refractivity (Wildman–Crippen MR) is 138 cm³/mol. The number of anilines is 1. The molecule has 0 amide bonds. The Morgan fingerprint density at radius 1 is 0.971 bits per heavy atom. The number of aliphatic hydroxyl groups is 1. The molecule has 0 radical (unpaired) electrons. The quantitative estimate of drug-likeness (QED) is 0.377. The molecular weight excluding hydrogens is 484 g/mol. The summed E-state index contributed by atoms with van der Waals surface area (Å²) >= 11 is 5.99. The fourth-order valence-electron chi connectivity index (χ4n) is 4.71. The highest BCUT2D eigenvalue weighted by atomic mass is 35.5. The third-order valence-electron chi connectivity index (χ3n) is 6.83. The lowest BCUT2D eigenvalue weighted by molar-refractivity contribution is 0.0118. The highest BCUT2D eigenvalue weighted by Gasteiger charge is 2.34. The minimum atomic E-state index is -3.86. The van der Waals surface area contributed by atoms with E-state index in [4.69, 9.17) is 11.6 Å². The molecule has 35 heavy (non-hydrogen) atoms. The Morgan fingerprint density at radius 2 is 1.63 bits per heavy atom. The van der Waals surface area contributed by atoms with E-state index in [1.54, 1.807) is 42.5 Å². The highest BCUT2D eigenvalue weighted by molar-refractivity contribution is 7.90. The number of carbonyl (C=O) groups excluding carboxylic acids is 1. The maximum absolute atomic E-state index is 13.3. The van der Waals surface area contributed by atoms with Crippen LogP contribution in [0.2, 0.25) is 5.02 Å². The van der Waals surface area contributed by atoms with Crippen molar-refractivity contribution in [3.05, 3.63) is 94.6 Å². The van der Waals surface area contributed by atoms with Gasteiger partial charge < -0.3 is 10.0 Å². The molecule has 0 spiro atoms. The number of halogens is 1. The van der Waals surface area contributed by atoms with Crippen LogP contribution in [0.25, 0.3) is 10.9 Å². The minimum absolute atomic E-state index is 0.166. The molecule has 3 aromatic carbocycles. The van der Waals surface area contributed by atoms with Crippen LogP contribution in [-0.2, 0) is 15.6 Å². The predicted octanol–water partition coefficient (Wildman–Crippen LogP) is 5.14. The number of carbonyl (C=O) groups is 1. The highest BCUT2D eigenvalue weighted by Crippen LogP contribution is 2.36. The lowest BCUT2D eigenvalue weighted by Gasteiger charge is -2.39. The lowest BCUT2D eigenvalue weighted by atomic mass is 9.84. The van der Waals surface area contributed by atoms with Gasteiger partial charge >= 0.3 is 0 Å². The number of piperidine rings is 1. The Bertz CT molecular complexity index is 1500. The van der Waals surface area contributed by atoms with Gasteiger partial charge in [-0.05, 0) is 67.8 Å². The number of benzene rings is 3. The Labute approximate surface area is 209 Å². The fourth-order valence-corrected chi connectivity index (χ4v) is 6.21. The average molecular weight is 509 g/mol. The number of rotatable bonds is 5. The van der Waals surface area contributed by atoms with E-state index in [1.807, 2.05) is 31.2 Å². The van der Waals surface area contributed by atoms with E-state index in [9.17, 15) is 18.3 Å². The smallest absolute Gasteiger partial charge is 0.268 e. The molecule has 2 heterocycles. The lowest BCUT2D eigenvalue weighted by Crippen LogP contribution is -2.42. The van der Waals surface area contributed by atoms with Gasteiger partial charge in [-0.25, -0.2) is 12.4 Å². The average Bonchev–Trinajstić information content (AvgIpc) is 3.24. The summed E-state index contributed by atoms with van der Waals surface area (Å²) in [5.41, 5.74) is 2.52. The van der Waals surface area contributed by atoms with E-state index in [0.29, 0.717) is 53.7 Å². The van der Waals surface area contributed by atoms with Crippen LogP contribution in [0.5, 0.6) is 0 Å². The van der Waals surface area contributed by atoms with Crippen molar-refractivity contribution in [2.24, 2.45) is 0 Å². The van der Waals surface area contributed by atoms with E-state index in [2.05, 4.69) is 4.90 Å². The van der Waals surface area contributed by atoms with Crippen molar-refractivity contribution >= 4 is 44.5 Å². The molecule has 0 aliphatic carbocycles. The third-order valence-corrected chi connectivity index (χ3v) is 8.77. The summed E-state index contributed by atoms with van der Waals surface area (Å²) in [5, 5.41) is 12.4. The van der Waals surface area contributed by atoms with E-state index < -0.39 is 15.6 Å². The molecule has 0 unspecified atom stereocenters. The molecule has 1 aromatic heterocycles. The maximum atomic E-state index is 13.3. The topological polar surface area (TPSA) is 79.6 Å². The Balaban J connectivity index is 1.45. The van der Waals surface area contributed by atoms with Crippen molar-refractivity contribution in [3.63, 3.8) is 0 Å². The van der Waals surface area contributed by atoms with Crippen molar-refractivity contribution in [1.82, 2.24) is 3.97 Å². The molecular formula is C27H25ClN2O4S. The molecule has 1 saturated heterocycles. The van der Waals surface area contributed by atoms with Crippen molar-refractivity contribution < 1.29 is 18.3 Å². The van der Waals surface area contributed by atoms with Crippen molar-refractivity contribution in [3.8, 4) is 0 Å². The van der Waals surface area contributed by atoms with Gasteiger partial charge in [-0.2, -0.15) is 0 Å². The van der Waals surface area contributed by atoms with Crippen LogP contribution in [-0.4, -0.2) is 36.9 Å². The molecule has 1 aliphatic heterocycles. The largest absolute Gasteiger partial charge is 0.385 e. The molecule has 1 fully saturated rings. The van der Waals surface area contributed by atoms with Crippen LogP contribution >= 0.6 is 11.6 Å². The van der Waals surface area contributed by atoms with Crippen LogP contribution in [0.1, 0.15) is 34.3 Å². The van der Waals surface area contributed by atoms with E-state index in [0.717, 1.165) is 16.8 Å². The molecule has 6 nitrogen and oxygen atoms in total. The first-order valence-electron chi connectivity index (χ1n) is 11.4. The number of hydrogen-bond acceptors (Lipinski definition) is 5. The first-order valence-corrected chi connectivity index (χ1v) is 13.2. The van der Waals surface area contributed by atoms with Gasteiger partial charge in [0.05, 0.1) is 16.0 Å². The molecule has 0 saturated carbocycles. The first kappa shape index (κ1) is 23.6. The van der Waals surface area contributed by atoms with Crippen molar-refractivity contribution in [2.45, 2.75) is 30.3 Å². The number of nitrogens with zero attached hydrogens (tertiary/aromatic N) is 2. The molecule has 4 aromatic rings. The molecule has 1 N–H and O–H groups in total.